The minimum atomic E-state index is -0.184. The predicted molar refractivity (Wildman–Crippen MR) is 165 cm³/mol. The van der Waals surface area contributed by atoms with Crippen LogP contribution in [0, 0.1) is 0 Å². The lowest BCUT2D eigenvalue weighted by atomic mass is 10.00. The van der Waals surface area contributed by atoms with E-state index >= 15 is 0 Å². The van der Waals surface area contributed by atoms with Crippen molar-refractivity contribution in [3.63, 3.8) is 0 Å². The summed E-state index contributed by atoms with van der Waals surface area (Å²) in [5, 5.41) is 6.97. The Hall–Kier alpha value is -3.65. The first-order valence-corrected chi connectivity index (χ1v) is 14.3. The lowest BCUT2D eigenvalue weighted by molar-refractivity contribution is -0.119. The number of amides is 2. The molecule has 1 saturated heterocycles. The van der Waals surface area contributed by atoms with Gasteiger partial charge in [0.25, 0.3) is 5.91 Å². The minimum absolute atomic E-state index is 0.0766. The quantitative estimate of drug-likeness (QED) is 0.333. The molecule has 2 aliphatic rings. The molecule has 0 aliphatic carbocycles. The zero-order chi connectivity index (χ0) is 28.1. The topological polar surface area (TPSA) is 67.9 Å². The van der Waals surface area contributed by atoms with Crippen molar-refractivity contribution in [2.75, 3.05) is 61.8 Å². The number of nitrogens with zero attached hydrogens (tertiary/aromatic N) is 3. The molecule has 2 N–H and O–H groups in total. The zero-order valence-corrected chi connectivity index (χ0v) is 23.9. The van der Waals surface area contributed by atoms with Crippen molar-refractivity contribution in [2.45, 2.75) is 19.8 Å². The highest BCUT2D eigenvalue weighted by Crippen LogP contribution is 2.38. The van der Waals surface area contributed by atoms with E-state index < -0.39 is 0 Å². The Kier molecular flexibility index (Phi) is 8.85. The van der Waals surface area contributed by atoms with Gasteiger partial charge in [-0.15, -0.1) is 0 Å². The third-order valence-corrected chi connectivity index (χ3v) is 7.82. The molecule has 0 spiro atoms. The molecule has 208 valence electrons. The summed E-state index contributed by atoms with van der Waals surface area (Å²) in [5.41, 5.74) is 5.29. The Labute approximate surface area is 241 Å². The largest absolute Gasteiger partial charge is 0.354 e. The van der Waals surface area contributed by atoms with Crippen molar-refractivity contribution < 1.29 is 9.59 Å². The average molecular weight is 558 g/mol. The van der Waals surface area contributed by atoms with Gasteiger partial charge in [-0.05, 0) is 54.9 Å². The molecule has 0 aromatic heterocycles. The normalized spacial score (nSPS) is 16.8. The van der Waals surface area contributed by atoms with Crippen LogP contribution in [0.3, 0.4) is 0 Å². The number of likely N-dealkylation sites (N-methyl/N-ethyl adjacent to an activating group) is 1. The van der Waals surface area contributed by atoms with E-state index in [-0.39, 0.29) is 11.8 Å². The smallest absolute Gasteiger partial charge is 0.258 e. The van der Waals surface area contributed by atoms with Gasteiger partial charge in [0.2, 0.25) is 5.91 Å². The van der Waals surface area contributed by atoms with Crippen LogP contribution in [0.5, 0.6) is 0 Å². The zero-order valence-electron chi connectivity index (χ0n) is 23.1. The summed E-state index contributed by atoms with van der Waals surface area (Å²) in [4.78, 5) is 32.6. The van der Waals surface area contributed by atoms with Gasteiger partial charge in [-0.1, -0.05) is 61.3 Å². The first-order chi connectivity index (χ1) is 19.4. The van der Waals surface area contributed by atoms with E-state index in [4.69, 9.17) is 11.6 Å². The summed E-state index contributed by atoms with van der Waals surface area (Å²) in [6, 6.07) is 22.9. The molecule has 5 rings (SSSR count). The van der Waals surface area contributed by atoms with E-state index in [1.165, 1.54) is 12.8 Å². The predicted octanol–water partition coefficient (Wildman–Crippen LogP) is 5.65. The van der Waals surface area contributed by atoms with Crippen LogP contribution < -0.4 is 15.5 Å². The van der Waals surface area contributed by atoms with Crippen LogP contribution >= 0.6 is 11.6 Å². The monoisotopic (exact) mass is 557 g/mol. The molecular formula is C32H36ClN5O2. The summed E-state index contributed by atoms with van der Waals surface area (Å²) in [7, 11) is 1.82. The molecule has 8 heteroatoms. The highest BCUT2D eigenvalue weighted by atomic mass is 35.5. The number of carbonyl (C=O) groups is 2. The Balaban J connectivity index is 1.30. The number of benzene rings is 3. The lowest BCUT2D eigenvalue weighted by Gasteiger charge is -2.35. The number of carbonyl (C=O) groups excluding carboxylic acids is 2. The van der Waals surface area contributed by atoms with Crippen molar-refractivity contribution in [1.82, 2.24) is 9.80 Å². The van der Waals surface area contributed by atoms with Crippen molar-refractivity contribution >= 4 is 51.7 Å². The second kappa shape index (κ2) is 12.7. The molecule has 0 bridgehead atoms. The fourth-order valence-corrected chi connectivity index (χ4v) is 5.36. The molecule has 40 heavy (non-hydrogen) atoms. The van der Waals surface area contributed by atoms with Gasteiger partial charge in [-0.2, -0.15) is 0 Å². The number of fused-ring (bicyclic) bond motifs is 1. The van der Waals surface area contributed by atoms with Crippen molar-refractivity contribution in [3.8, 4) is 0 Å². The second-order valence-electron chi connectivity index (χ2n) is 10.4. The third-order valence-electron chi connectivity index (χ3n) is 7.59. The van der Waals surface area contributed by atoms with Gasteiger partial charge >= 0.3 is 0 Å². The Morgan fingerprint density at radius 2 is 1.68 bits per heavy atom. The van der Waals surface area contributed by atoms with Gasteiger partial charge in [-0.25, -0.2) is 0 Å². The van der Waals surface area contributed by atoms with Crippen LogP contribution in [-0.2, 0) is 9.59 Å². The van der Waals surface area contributed by atoms with E-state index in [0.29, 0.717) is 28.5 Å². The van der Waals surface area contributed by atoms with Gasteiger partial charge < -0.3 is 20.4 Å². The van der Waals surface area contributed by atoms with E-state index in [0.717, 1.165) is 55.2 Å². The number of hydrogen-bond acceptors (Lipinski definition) is 5. The first kappa shape index (κ1) is 27.9. The van der Waals surface area contributed by atoms with Crippen molar-refractivity contribution in [2.24, 2.45) is 0 Å². The molecule has 2 aliphatic heterocycles. The van der Waals surface area contributed by atoms with Gasteiger partial charge in [0, 0.05) is 55.2 Å². The van der Waals surface area contributed by atoms with Crippen LogP contribution in [0.25, 0.3) is 11.3 Å². The standard InChI is InChI=1S/C32H36ClN5O2/c1-3-4-16-37-17-19-38(20-18-37)22-29(39)36(2)26-13-11-25(12-14-26)34-31(23-8-6-5-7-9-23)30-27-15-10-24(33)21-28(27)35-32(30)40/h5-15,21,34H,3-4,16-20,22H2,1-2H3,(H,35,40). The summed E-state index contributed by atoms with van der Waals surface area (Å²) in [6.07, 6.45) is 2.44. The summed E-state index contributed by atoms with van der Waals surface area (Å²) >= 11 is 6.17. The fourth-order valence-electron chi connectivity index (χ4n) is 5.18. The molecule has 3 aromatic rings. The maximum atomic E-state index is 13.1. The fraction of sp³-hybridized carbons (Fsp3) is 0.312. The van der Waals surface area contributed by atoms with Crippen molar-refractivity contribution in [3.05, 3.63) is 88.9 Å². The molecular weight excluding hydrogens is 522 g/mol. The highest BCUT2D eigenvalue weighted by Gasteiger charge is 2.28. The van der Waals surface area contributed by atoms with Crippen LogP contribution in [0.15, 0.2) is 72.8 Å². The molecule has 0 saturated carbocycles. The molecule has 2 heterocycles. The van der Waals surface area contributed by atoms with E-state index in [1.807, 2.05) is 67.7 Å². The summed E-state index contributed by atoms with van der Waals surface area (Å²) in [6.45, 7) is 7.67. The Bertz CT molecular complexity index is 1380. The van der Waals surface area contributed by atoms with E-state index in [1.54, 1.807) is 17.0 Å². The third kappa shape index (κ3) is 6.39. The van der Waals surface area contributed by atoms with E-state index in [9.17, 15) is 9.59 Å². The highest BCUT2D eigenvalue weighted by molar-refractivity contribution is 6.38. The number of unbranched alkanes of at least 4 members (excludes halogenated alkanes) is 1. The molecule has 7 nitrogen and oxygen atoms in total. The molecule has 1 fully saturated rings. The maximum absolute atomic E-state index is 13.1. The molecule has 3 aromatic carbocycles. The summed E-state index contributed by atoms with van der Waals surface area (Å²) < 4.78 is 0. The number of piperazine rings is 1. The van der Waals surface area contributed by atoms with Gasteiger partial charge in [0.15, 0.2) is 0 Å². The molecule has 0 radical (unpaired) electrons. The SMILES string of the molecule is CCCCN1CCN(CC(=O)N(C)c2ccc(NC(=C3C(=O)Nc4cc(Cl)ccc43)c3ccccc3)cc2)CC1. The average Bonchev–Trinajstić information content (AvgIpc) is 3.30. The number of halogens is 1. The van der Waals surface area contributed by atoms with Crippen LogP contribution in [-0.4, -0.2) is 67.9 Å². The second-order valence-corrected chi connectivity index (χ2v) is 10.8. The maximum Gasteiger partial charge on any atom is 0.258 e. The number of hydrogen-bond donors (Lipinski definition) is 2. The van der Waals surface area contributed by atoms with Crippen LogP contribution in [0.1, 0.15) is 30.9 Å². The molecule has 0 atom stereocenters. The molecule has 2 amide bonds. The van der Waals surface area contributed by atoms with E-state index in [2.05, 4.69) is 27.4 Å². The minimum Gasteiger partial charge on any atom is -0.354 e. The Morgan fingerprint density at radius 3 is 2.38 bits per heavy atom. The van der Waals surface area contributed by atoms with Gasteiger partial charge in [0.05, 0.1) is 23.5 Å². The number of anilines is 3. The van der Waals surface area contributed by atoms with Crippen LogP contribution in [0.4, 0.5) is 17.1 Å². The summed E-state index contributed by atoms with van der Waals surface area (Å²) in [5.74, 6) is -0.107. The molecule has 0 unspecified atom stereocenters. The number of nitrogens with one attached hydrogen (secondary N) is 2. The van der Waals surface area contributed by atoms with Crippen molar-refractivity contribution in [1.29, 1.82) is 0 Å². The Morgan fingerprint density at radius 1 is 0.975 bits per heavy atom. The number of rotatable bonds is 9. The lowest BCUT2D eigenvalue weighted by Crippen LogP contribution is -2.49. The van der Waals surface area contributed by atoms with Gasteiger partial charge in [0.1, 0.15) is 0 Å². The van der Waals surface area contributed by atoms with Gasteiger partial charge in [-0.3, -0.25) is 14.5 Å². The van der Waals surface area contributed by atoms with Crippen LogP contribution in [0.2, 0.25) is 5.02 Å². The first-order valence-electron chi connectivity index (χ1n) is 13.9.